The van der Waals surface area contributed by atoms with E-state index in [1.165, 1.54) is 0 Å². The van der Waals surface area contributed by atoms with Gasteiger partial charge < -0.3 is 5.32 Å². The van der Waals surface area contributed by atoms with Gasteiger partial charge in [0.25, 0.3) is 0 Å². The standard InChI is InChI=1S/C9H9Cl2NO/c1-6-4-7(11)2-3-8(6)12-9(13)5-10/h2-4H,5H2,1H3,(H,12,13). The van der Waals surface area contributed by atoms with Crippen molar-refractivity contribution in [2.45, 2.75) is 6.92 Å². The molecule has 0 radical (unpaired) electrons. The van der Waals surface area contributed by atoms with Crippen LogP contribution in [0.3, 0.4) is 0 Å². The number of hydrogen-bond donors (Lipinski definition) is 1. The van der Waals surface area contributed by atoms with Crippen molar-refractivity contribution >= 4 is 34.8 Å². The molecule has 0 unspecified atom stereocenters. The first kappa shape index (κ1) is 10.4. The van der Waals surface area contributed by atoms with Gasteiger partial charge in [0.05, 0.1) is 0 Å². The zero-order chi connectivity index (χ0) is 9.84. The van der Waals surface area contributed by atoms with E-state index in [0.29, 0.717) is 5.02 Å². The van der Waals surface area contributed by atoms with Crippen LogP contribution in [0.15, 0.2) is 18.2 Å². The molecule has 0 heterocycles. The highest BCUT2D eigenvalue weighted by atomic mass is 35.5. The Balaban J connectivity index is 2.83. The number of carbonyl (C=O) groups is 1. The minimum absolute atomic E-state index is 0.0396. The van der Waals surface area contributed by atoms with Gasteiger partial charge in [0.2, 0.25) is 5.91 Å². The van der Waals surface area contributed by atoms with E-state index in [0.717, 1.165) is 11.3 Å². The molecular weight excluding hydrogens is 209 g/mol. The number of halogens is 2. The van der Waals surface area contributed by atoms with Crippen molar-refractivity contribution in [1.82, 2.24) is 0 Å². The summed E-state index contributed by atoms with van der Waals surface area (Å²) in [6, 6.07) is 5.26. The lowest BCUT2D eigenvalue weighted by molar-refractivity contribution is -0.113. The SMILES string of the molecule is Cc1cc(Cl)ccc1NC(=O)CCl. The van der Waals surface area contributed by atoms with E-state index in [2.05, 4.69) is 5.32 Å². The van der Waals surface area contributed by atoms with E-state index in [4.69, 9.17) is 23.2 Å². The minimum atomic E-state index is -0.216. The third-order valence-electron chi connectivity index (χ3n) is 1.58. The van der Waals surface area contributed by atoms with Gasteiger partial charge in [0, 0.05) is 10.7 Å². The van der Waals surface area contributed by atoms with E-state index in [1.807, 2.05) is 6.92 Å². The molecule has 0 fully saturated rings. The molecule has 0 aliphatic rings. The number of carbonyl (C=O) groups excluding carboxylic acids is 1. The Morgan fingerprint density at radius 2 is 2.23 bits per heavy atom. The Bertz CT molecular complexity index is 325. The third kappa shape index (κ3) is 2.90. The number of nitrogens with one attached hydrogen (secondary N) is 1. The number of rotatable bonds is 2. The number of amides is 1. The third-order valence-corrected chi connectivity index (χ3v) is 2.06. The largest absolute Gasteiger partial charge is 0.325 e. The summed E-state index contributed by atoms with van der Waals surface area (Å²) in [5, 5.41) is 3.31. The summed E-state index contributed by atoms with van der Waals surface area (Å²) in [6.45, 7) is 1.87. The van der Waals surface area contributed by atoms with Crippen LogP contribution in [0.4, 0.5) is 5.69 Å². The van der Waals surface area contributed by atoms with Crippen molar-refractivity contribution in [2.75, 3.05) is 11.2 Å². The van der Waals surface area contributed by atoms with Crippen LogP contribution >= 0.6 is 23.2 Å². The molecule has 4 heteroatoms. The molecule has 0 aliphatic heterocycles. The predicted octanol–water partition coefficient (Wildman–Crippen LogP) is 2.83. The van der Waals surface area contributed by atoms with Crippen LogP contribution in [0.1, 0.15) is 5.56 Å². The molecule has 0 aliphatic carbocycles. The molecule has 1 aromatic carbocycles. The Morgan fingerprint density at radius 3 is 2.77 bits per heavy atom. The molecule has 1 aromatic rings. The molecule has 0 atom stereocenters. The highest BCUT2D eigenvalue weighted by Gasteiger charge is 2.02. The van der Waals surface area contributed by atoms with Gasteiger partial charge in [-0.05, 0) is 30.7 Å². The zero-order valence-electron chi connectivity index (χ0n) is 7.10. The van der Waals surface area contributed by atoms with Crippen molar-refractivity contribution in [3.63, 3.8) is 0 Å². The van der Waals surface area contributed by atoms with E-state index >= 15 is 0 Å². The predicted molar refractivity (Wildman–Crippen MR) is 55.5 cm³/mol. The maximum Gasteiger partial charge on any atom is 0.239 e. The van der Waals surface area contributed by atoms with Gasteiger partial charge in [0.15, 0.2) is 0 Å². The lowest BCUT2D eigenvalue weighted by atomic mass is 10.2. The lowest BCUT2D eigenvalue weighted by Crippen LogP contribution is -2.13. The Hall–Kier alpha value is -0.730. The molecule has 13 heavy (non-hydrogen) atoms. The van der Waals surface area contributed by atoms with E-state index < -0.39 is 0 Å². The topological polar surface area (TPSA) is 29.1 Å². The van der Waals surface area contributed by atoms with E-state index in [9.17, 15) is 4.79 Å². The Morgan fingerprint density at radius 1 is 1.54 bits per heavy atom. The fourth-order valence-electron chi connectivity index (χ4n) is 0.951. The second kappa shape index (κ2) is 4.49. The molecule has 0 spiro atoms. The van der Waals surface area contributed by atoms with Crippen molar-refractivity contribution in [2.24, 2.45) is 0 Å². The summed E-state index contributed by atoms with van der Waals surface area (Å²) in [5.74, 6) is -0.255. The molecule has 0 saturated carbocycles. The average molecular weight is 218 g/mol. The molecule has 0 bridgehead atoms. The van der Waals surface area contributed by atoms with Gasteiger partial charge in [-0.15, -0.1) is 11.6 Å². The van der Waals surface area contributed by atoms with Gasteiger partial charge in [-0.2, -0.15) is 0 Å². The highest BCUT2D eigenvalue weighted by Crippen LogP contribution is 2.19. The van der Waals surface area contributed by atoms with Gasteiger partial charge >= 0.3 is 0 Å². The van der Waals surface area contributed by atoms with Crippen LogP contribution in [-0.4, -0.2) is 11.8 Å². The van der Waals surface area contributed by atoms with Crippen molar-refractivity contribution < 1.29 is 4.79 Å². The zero-order valence-corrected chi connectivity index (χ0v) is 8.62. The van der Waals surface area contributed by atoms with Crippen LogP contribution in [0, 0.1) is 6.92 Å². The number of benzene rings is 1. The number of hydrogen-bond acceptors (Lipinski definition) is 1. The summed E-state index contributed by atoms with van der Waals surface area (Å²) in [6.07, 6.45) is 0. The normalized spacial score (nSPS) is 9.77. The smallest absolute Gasteiger partial charge is 0.239 e. The van der Waals surface area contributed by atoms with Gasteiger partial charge in [0.1, 0.15) is 5.88 Å². The fraction of sp³-hybridized carbons (Fsp3) is 0.222. The van der Waals surface area contributed by atoms with Crippen molar-refractivity contribution in [1.29, 1.82) is 0 Å². The summed E-state index contributed by atoms with van der Waals surface area (Å²) in [7, 11) is 0. The number of aryl methyl sites for hydroxylation is 1. The number of alkyl halides is 1. The molecule has 70 valence electrons. The van der Waals surface area contributed by atoms with E-state index in [1.54, 1.807) is 18.2 Å². The lowest BCUT2D eigenvalue weighted by Gasteiger charge is -2.06. The van der Waals surface area contributed by atoms with Crippen LogP contribution in [0.5, 0.6) is 0 Å². The molecule has 0 aromatic heterocycles. The van der Waals surface area contributed by atoms with Crippen LogP contribution < -0.4 is 5.32 Å². The second-order valence-electron chi connectivity index (χ2n) is 2.64. The first-order chi connectivity index (χ1) is 6.13. The molecule has 1 amide bonds. The Kier molecular flexibility index (Phi) is 3.58. The second-order valence-corrected chi connectivity index (χ2v) is 3.34. The Labute approximate surface area is 86.8 Å². The highest BCUT2D eigenvalue weighted by molar-refractivity contribution is 6.31. The number of anilines is 1. The van der Waals surface area contributed by atoms with Gasteiger partial charge in [-0.25, -0.2) is 0 Å². The minimum Gasteiger partial charge on any atom is -0.325 e. The summed E-state index contributed by atoms with van der Waals surface area (Å²) >= 11 is 11.1. The van der Waals surface area contributed by atoms with Crippen LogP contribution in [-0.2, 0) is 4.79 Å². The molecule has 1 rings (SSSR count). The van der Waals surface area contributed by atoms with Gasteiger partial charge in [-0.1, -0.05) is 11.6 Å². The average Bonchev–Trinajstić information content (AvgIpc) is 2.09. The van der Waals surface area contributed by atoms with Gasteiger partial charge in [-0.3, -0.25) is 4.79 Å². The first-order valence-corrected chi connectivity index (χ1v) is 4.66. The first-order valence-electron chi connectivity index (χ1n) is 3.75. The van der Waals surface area contributed by atoms with E-state index in [-0.39, 0.29) is 11.8 Å². The molecular formula is C9H9Cl2NO. The maximum atomic E-state index is 10.9. The molecule has 2 nitrogen and oxygen atoms in total. The monoisotopic (exact) mass is 217 g/mol. The maximum absolute atomic E-state index is 10.9. The molecule has 1 N–H and O–H groups in total. The summed E-state index contributed by atoms with van der Waals surface area (Å²) in [5.41, 5.74) is 1.67. The summed E-state index contributed by atoms with van der Waals surface area (Å²) < 4.78 is 0. The van der Waals surface area contributed by atoms with Crippen LogP contribution in [0.25, 0.3) is 0 Å². The van der Waals surface area contributed by atoms with Crippen molar-refractivity contribution in [3.8, 4) is 0 Å². The quantitative estimate of drug-likeness (QED) is 0.759. The molecule has 0 saturated heterocycles. The van der Waals surface area contributed by atoms with Crippen LogP contribution in [0.2, 0.25) is 5.02 Å². The summed E-state index contributed by atoms with van der Waals surface area (Å²) in [4.78, 5) is 10.9. The fourth-order valence-corrected chi connectivity index (χ4v) is 1.24. The van der Waals surface area contributed by atoms with Crippen molar-refractivity contribution in [3.05, 3.63) is 28.8 Å².